The largest absolute Gasteiger partial charge is 1.00 e. The zero-order valence-corrected chi connectivity index (χ0v) is 9.90. The normalized spacial score (nSPS) is 7.80. The van der Waals surface area contributed by atoms with Crippen LogP contribution in [0.15, 0.2) is 0 Å². The molecule has 0 N–H and O–H groups in total. The van der Waals surface area contributed by atoms with Crippen molar-refractivity contribution >= 4 is 22.8 Å². The molecule has 0 saturated carbocycles. The van der Waals surface area contributed by atoms with Gasteiger partial charge in [0.15, 0.2) is 0 Å². The molecular formula is C5H8ClKO3. The van der Waals surface area contributed by atoms with Crippen molar-refractivity contribution < 1.29 is 67.1 Å². The molecule has 0 saturated heterocycles. The van der Waals surface area contributed by atoms with Crippen molar-refractivity contribution in [2.45, 2.75) is 13.3 Å². The van der Waals surface area contributed by atoms with Gasteiger partial charge in [-0.1, -0.05) is 0 Å². The predicted octanol–water partition coefficient (Wildman–Crippen LogP) is -2.18. The minimum absolute atomic E-state index is 0. The molecule has 0 aromatic carbocycles. The number of rotatable bonds is 3. The van der Waals surface area contributed by atoms with Crippen molar-refractivity contribution in [1.82, 2.24) is 0 Å². The first kappa shape index (κ1) is 13.6. The second kappa shape index (κ2) is 8.17. The Morgan fingerprint density at radius 3 is 2.40 bits per heavy atom. The molecule has 0 fully saturated rings. The van der Waals surface area contributed by atoms with Gasteiger partial charge in [0.05, 0.1) is 6.61 Å². The third-order valence-electron chi connectivity index (χ3n) is 0.589. The van der Waals surface area contributed by atoms with Gasteiger partial charge in [-0.3, -0.25) is 9.59 Å². The zero-order chi connectivity index (χ0) is 7.28. The number of hydrogen-bond donors (Lipinski definition) is 0. The Labute approximate surface area is 108 Å². The summed E-state index contributed by atoms with van der Waals surface area (Å²) in [5.74, 6) is -0.572. The molecule has 0 amide bonds. The van der Waals surface area contributed by atoms with Crippen molar-refractivity contribution in [1.29, 1.82) is 0 Å². The summed E-state index contributed by atoms with van der Waals surface area (Å²) in [7, 11) is 0. The molecule has 10 heavy (non-hydrogen) atoms. The van der Waals surface area contributed by atoms with Crippen LogP contribution in [0.3, 0.4) is 0 Å². The first-order chi connectivity index (χ1) is 4.16. The molecule has 0 bridgehead atoms. The van der Waals surface area contributed by atoms with E-state index < -0.39 is 11.2 Å². The van der Waals surface area contributed by atoms with E-state index in [-0.39, 0.29) is 65.8 Å². The Balaban J connectivity index is -0.000000320. The van der Waals surface area contributed by atoms with Crippen LogP contribution >= 0.6 is 11.6 Å². The van der Waals surface area contributed by atoms with E-state index in [2.05, 4.69) is 4.74 Å². The number of ether oxygens (including phenoxy) is 1. The van der Waals surface area contributed by atoms with Crippen molar-refractivity contribution in [2.24, 2.45) is 0 Å². The number of carbonyl (C=O) groups excluding carboxylic acids is 2. The first-order valence-electron chi connectivity index (χ1n) is 2.50. The fourth-order valence-electron chi connectivity index (χ4n) is 0.325. The Kier molecular flexibility index (Phi) is 11.1. The molecule has 5 heteroatoms. The molecule has 0 rings (SSSR count). The number of carbonyl (C=O) groups is 2. The number of halogens is 1. The van der Waals surface area contributed by atoms with Crippen molar-refractivity contribution in [2.75, 3.05) is 6.61 Å². The number of hydrogen-bond acceptors (Lipinski definition) is 3. The molecule has 0 spiro atoms. The van der Waals surface area contributed by atoms with Gasteiger partial charge in [0.1, 0.15) is 6.42 Å². The first-order valence-corrected chi connectivity index (χ1v) is 2.88. The summed E-state index contributed by atoms with van der Waals surface area (Å²) in [6.45, 7) is 1.94. The Morgan fingerprint density at radius 1 is 1.60 bits per heavy atom. The summed E-state index contributed by atoms with van der Waals surface area (Å²) in [5.41, 5.74) is 0. The standard InChI is InChI=1S/C5H7ClO3.K.H/c1-2-9-5(8)3-4(6)7;;/h2-3H2,1H3;;/q;+1;-1. The third-order valence-corrected chi connectivity index (χ3v) is 0.722. The van der Waals surface area contributed by atoms with E-state index in [1.807, 2.05) is 0 Å². The molecule has 0 unspecified atom stereocenters. The van der Waals surface area contributed by atoms with Gasteiger partial charge in [-0.2, -0.15) is 0 Å². The second-order valence-electron chi connectivity index (χ2n) is 1.34. The molecule has 0 atom stereocenters. The van der Waals surface area contributed by atoms with E-state index in [1.165, 1.54) is 0 Å². The average molecular weight is 191 g/mol. The maximum atomic E-state index is 10.3. The fraction of sp³-hybridized carbons (Fsp3) is 0.600. The Morgan fingerprint density at radius 2 is 2.10 bits per heavy atom. The summed E-state index contributed by atoms with van der Waals surface area (Å²) >= 11 is 4.87. The minimum Gasteiger partial charge on any atom is -1.00 e. The van der Waals surface area contributed by atoms with Crippen molar-refractivity contribution in [3.05, 3.63) is 0 Å². The van der Waals surface area contributed by atoms with E-state index >= 15 is 0 Å². The molecule has 54 valence electrons. The van der Waals surface area contributed by atoms with Gasteiger partial charge >= 0.3 is 57.4 Å². The van der Waals surface area contributed by atoms with Gasteiger partial charge in [-0.15, -0.1) is 0 Å². The van der Waals surface area contributed by atoms with Crippen LogP contribution in [-0.2, 0) is 14.3 Å². The molecule has 0 aliphatic carbocycles. The van der Waals surface area contributed by atoms with E-state index in [0.29, 0.717) is 0 Å². The van der Waals surface area contributed by atoms with Crippen LogP contribution in [0.25, 0.3) is 0 Å². The van der Waals surface area contributed by atoms with Crippen LogP contribution < -0.4 is 51.4 Å². The van der Waals surface area contributed by atoms with Crippen LogP contribution in [-0.4, -0.2) is 17.8 Å². The van der Waals surface area contributed by atoms with Crippen molar-refractivity contribution in [3.63, 3.8) is 0 Å². The van der Waals surface area contributed by atoms with Crippen LogP contribution in [0.1, 0.15) is 14.8 Å². The molecule has 3 nitrogen and oxygen atoms in total. The second-order valence-corrected chi connectivity index (χ2v) is 1.76. The monoisotopic (exact) mass is 190 g/mol. The Bertz CT molecular complexity index is 131. The average Bonchev–Trinajstić information content (AvgIpc) is 1.63. The smallest absolute Gasteiger partial charge is 1.00 e. The molecule has 0 aliphatic rings. The van der Waals surface area contributed by atoms with E-state index in [0.717, 1.165) is 0 Å². The van der Waals surface area contributed by atoms with Gasteiger partial charge in [0.25, 0.3) is 0 Å². The van der Waals surface area contributed by atoms with Gasteiger partial charge < -0.3 is 6.16 Å². The summed E-state index contributed by atoms with van der Waals surface area (Å²) in [6.07, 6.45) is -0.338. The fourth-order valence-corrected chi connectivity index (χ4v) is 0.435. The van der Waals surface area contributed by atoms with Crippen molar-refractivity contribution in [3.8, 4) is 0 Å². The quantitative estimate of drug-likeness (QED) is 0.220. The van der Waals surface area contributed by atoms with Crippen LogP contribution in [0.5, 0.6) is 0 Å². The van der Waals surface area contributed by atoms with Gasteiger partial charge in [0.2, 0.25) is 5.24 Å². The summed E-state index contributed by atoms with van der Waals surface area (Å²) in [5, 5.41) is -0.687. The summed E-state index contributed by atoms with van der Waals surface area (Å²) in [6, 6.07) is 0. The van der Waals surface area contributed by atoms with Crippen LogP contribution in [0.2, 0.25) is 0 Å². The van der Waals surface area contributed by atoms with Crippen LogP contribution in [0.4, 0.5) is 0 Å². The van der Waals surface area contributed by atoms with E-state index in [4.69, 9.17) is 11.6 Å². The molecule has 0 aromatic heterocycles. The molecule has 0 aromatic rings. The SMILES string of the molecule is CCOC(=O)CC(=O)Cl.[H-].[K+]. The van der Waals surface area contributed by atoms with Gasteiger partial charge in [-0.05, 0) is 18.5 Å². The Hall–Kier alpha value is 1.07. The maximum Gasteiger partial charge on any atom is 1.00 e. The van der Waals surface area contributed by atoms with E-state index in [1.54, 1.807) is 6.92 Å². The van der Waals surface area contributed by atoms with Gasteiger partial charge in [0, 0.05) is 0 Å². The molecule has 0 aliphatic heterocycles. The molecule has 0 heterocycles. The summed E-state index contributed by atoms with van der Waals surface area (Å²) in [4.78, 5) is 20.3. The third kappa shape index (κ3) is 9.07. The summed E-state index contributed by atoms with van der Waals surface area (Å²) < 4.78 is 4.41. The predicted molar refractivity (Wildman–Crippen MR) is 33.2 cm³/mol. The minimum atomic E-state index is -0.687. The zero-order valence-electron chi connectivity index (χ0n) is 7.02. The van der Waals surface area contributed by atoms with Gasteiger partial charge in [-0.25, -0.2) is 0 Å². The number of esters is 1. The van der Waals surface area contributed by atoms with Crippen LogP contribution in [0, 0.1) is 0 Å². The molecular weight excluding hydrogens is 183 g/mol. The van der Waals surface area contributed by atoms with E-state index in [9.17, 15) is 9.59 Å². The molecule has 0 radical (unpaired) electrons. The topological polar surface area (TPSA) is 43.4 Å². The maximum absolute atomic E-state index is 10.3.